The zero-order valence-corrected chi connectivity index (χ0v) is 36.1. The number of rotatable bonds is 10. The lowest BCUT2D eigenvalue weighted by atomic mass is 9.70. The van der Waals surface area contributed by atoms with Crippen LogP contribution in [-0.2, 0) is 25.7 Å². The minimum atomic E-state index is -0.752. The molecule has 1 aliphatic heterocycles. The van der Waals surface area contributed by atoms with E-state index in [-0.39, 0.29) is 45.3 Å². The summed E-state index contributed by atoms with van der Waals surface area (Å²) in [6, 6.07) is 17.2. The zero-order valence-electron chi connectivity index (χ0n) is 36.1. The molecule has 0 radical (unpaired) electrons. The summed E-state index contributed by atoms with van der Waals surface area (Å²) in [6.45, 7) is 24.0. The first-order valence-electron chi connectivity index (χ1n) is 19.4. The predicted molar refractivity (Wildman–Crippen MR) is 225 cm³/mol. The van der Waals surface area contributed by atoms with Gasteiger partial charge >= 0.3 is 11.9 Å². The fourth-order valence-corrected chi connectivity index (χ4v) is 6.68. The van der Waals surface area contributed by atoms with Gasteiger partial charge in [-0.1, -0.05) is 67.5 Å². The molecular weight excluding hydrogens is 737 g/mol. The van der Waals surface area contributed by atoms with Crippen LogP contribution in [0.1, 0.15) is 147 Å². The highest BCUT2D eigenvalue weighted by Crippen LogP contribution is 2.53. The molecule has 0 saturated carbocycles. The highest BCUT2D eigenvalue weighted by atomic mass is 16.5. The number of methoxy groups -OCH3 is 2. The number of anilines is 2. The summed E-state index contributed by atoms with van der Waals surface area (Å²) in [7, 11) is 2.60. The van der Waals surface area contributed by atoms with Crippen molar-refractivity contribution in [3.8, 4) is 23.0 Å². The van der Waals surface area contributed by atoms with Crippen molar-refractivity contribution in [2.45, 2.75) is 112 Å². The van der Waals surface area contributed by atoms with Crippen LogP contribution in [0.2, 0.25) is 0 Å². The second-order valence-electron chi connectivity index (χ2n) is 17.7. The third kappa shape index (κ3) is 8.98. The Labute approximate surface area is 341 Å². The predicted octanol–water partition coefficient (Wildman–Crippen LogP) is 10.4. The van der Waals surface area contributed by atoms with Crippen LogP contribution in [0.3, 0.4) is 0 Å². The number of esters is 2. The first kappa shape index (κ1) is 43.3. The van der Waals surface area contributed by atoms with Gasteiger partial charge in [0.05, 0.1) is 60.1 Å². The average Bonchev–Trinajstić information content (AvgIpc) is 3.13. The first-order valence-corrected chi connectivity index (χ1v) is 19.4. The molecule has 5 rings (SSSR count). The van der Waals surface area contributed by atoms with Crippen LogP contribution >= 0.6 is 0 Å². The summed E-state index contributed by atoms with van der Waals surface area (Å²) >= 11 is 0. The first-order chi connectivity index (χ1) is 27.0. The summed E-state index contributed by atoms with van der Waals surface area (Å²) in [6.07, 6.45) is -0.523. The number of hydrogen-bond acceptors (Lipinski definition) is 9. The van der Waals surface area contributed by atoms with E-state index in [0.29, 0.717) is 34.4 Å². The van der Waals surface area contributed by atoms with Crippen molar-refractivity contribution in [1.29, 1.82) is 0 Å². The maximum atomic E-state index is 14.6. The standard InChI is InChI=1S/C47H56N2O9/c1-25(2)56-37-19-27(43(52)54-13)15-17-35(37)48-41(50)31-21-29(45(5,6)7)23-33-39(31)58-40-32(22-30(46(8,9)10)24-34(40)47(33,11)12)42(51)49-36-18-16-28(44(53)55-14)20-38(36)57-26(3)4/h15-26H,1-14H3,(H,48,50)(H,49,51). The summed E-state index contributed by atoms with van der Waals surface area (Å²) in [5.41, 5.74) is 3.67. The fourth-order valence-electron chi connectivity index (χ4n) is 6.68. The van der Waals surface area contributed by atoms with Gasteiger partial charge in [-0.3, -0.25) is 9.59 Å². The van der Waals surface area contributed by atoms with Crippen molar-refractivity contribution in [3.05, 3.63) is 105 Å². The lowest BCUT2D eigenvalue weighted by Gasteiger charge is -2.38. The molecule has 0 saturated heterocycles. The number of carbonyl (C=O) groups excluding carboxylic acids is 4. The summed E-state index contributed by atoms with van der Waals surface area (Å²) < 4.78 is 28.8. The van der Waals surface area contributed by atoms with Crippen LogP contribution in [0.25, 0.3) is 0 Å². The van der Waals surface area contributed by atoms with Gasteiger partial charge in [0.2, 0.25) is 0 Å². The van der Waals surface area contributed by atoms with E-state index < -0.39 is 29.2 Å². The van der Waals surface area contributed by atoms with Crippen molar-refractivity contribution in [2.75, 3.05) is 24.9 Å². The van der Waals surface area contributed by atoms with Crippen LogP contribution in [0.4, 0.5) is 11.4 Å². The molecule has 0 aromatic heterocycles. The number of ether oxygens (including phenoxy) is 5. The van der Waals surface area contributed by atoms with E-state index in [1.807, 2.05) is 39.8 Å². The lowest BCUT2D eigenvalue weighted by molar-refractivity contribution is 0.0591. The molecule has 2 amide bonds. The highest BCUT2D eigenvalue weighted by Gasteiger charge is 2.41. The van der Waals surface area contributed by atoms with Crippen LogP contribution in [-0.4, -0.2) is 50.2 Å². The summed E-state index contributed by atoms with van der Waals surface area (Å²) in [4.78, 5) is 54.0. The van der Waals surface area contributed by atoms with Gasteiger partial charge in [-0.15, -0.1) is 0 Å². The van der Waals surface area contributed by atoms with Gasteiger partial charge in [0.1, 0.15) is 23.0 Å². The van der Waals surface area contributed by atoms with Gasteiger partial charge in [-0.25, -0.2) is 9.59 Å². The van der Waals surface area contributed by atoms with Gasteiger partial charge < -0.3 is 34.3 Å². The van der Waals surface area contributed by atoms with Crippen molar-refractivity contribution >= 4 is 35.1 Å². The topological polar surface area (TPSA) is 138 Å². The molecule has 0 spiro atoms. The van der Waals surface area contributed by atoms with Gasteiger partial charge in [-0.2, -0.15) is 0 Å². The van der Waals surface area contributed by atoms with Crippen LogP contribution in [0.15, 0.2) is 60.7 Å². The highest BCUT2D eigenvalue weighted by molar-refractivity contribution is 6.10. The quantitative estimate of drug-likeness (QED) is 0.150. The number of benzene rings is 4. The van der Waals surface area contributed by atoms with Crippen LogP contribution in [0.5, 0.6) is 23.0 Å². The fraction of sp³-hybridized carbons (Fsp3) is 0.404. The van der Waals surface area contributed by atoms with Crippen molar-refractivity contribution < 1.29 is 42.9 Å². The Hall–Kier alpha value is -5.84. The molecule has 0 unspecified atom stereocenters. The zero-order chi connectivity index (χ0) is 43.1. The van der Waals surface area contributed by atoms with Crippen molar-refractivity contribution in [1.82, 2.24) is 0 Å². The van der Waals surface area contributed by atoms with E-state index >= 15 is 0 Å². The normalized spacial score (nSPS) is 13.2. The third-order valence-electron chi connectivity index (χ3n) is 9.98. The van der Waals surface area contributed by atoms with Crippen LogP contribution in [0, 0.1) is 0 Å². The molecule has 2 N–H and O–H groups in total. The molecule has 1 aliphatic rings. The Kier molecular flexibility index (Phi) is 12.1. The average molecular weight is 793 g/mol. The molecule has 4 aromatic carbocycles. The SMILES string of the molecule is COC(=O)c1ccc(NC(=O)c2cc(C(C)(C)C)cc3c2Oc2c(C(=O)Nc4ccc(C(=O)OC)cc4OC(C)C)cc(C(C)(C)C)cc2C3(C)C)c(OC(C)C)c1. The molecule has 308 valence electrons. The second-order valence-corrected chi connectivity index (χ2v) is 17.7. The molecule has 4 aromatic rings. The Bertz CT molecular complexity index is 2120. The number of fused-ring (bicyclic) bond motifs is 2. The number of amides is 2. The number of nitrogens with one attached hydrogen (secondary N) is 2. The van der Waals surface area contributed by atoms with E-state index in [4.69, 9.17) is 23.7 Å². The monoisotopic (exact) mass is 792 g/mol. The maximum Gasteiger partial charge on any atom is 0.337 e. The van der Waals surface area contributed by atoms with E-state index in [0.717, 1.165) is 22.3 Å². The molecule has 1 heterocycles. The van der Waals surface area contributed by atoms with Gasteiger partial charge in [0.15, 0.2) is 0 Å². The Balaban J connectivity index is 1.69. The Morgan fingerprint density at radius 2 is 0.948 bits per heavy atom. The van der Waals surface area contributed by atoms with Gasteiger partial charge in [-0.05, 0) is 98.2 Å². The summed E-state index contributed by atoms with van der Waals surface area (Å²) in [5, 5.41) is 6.02. The van der Waals surface area contributed by atoms with E-state index in [1.54, 1.807) is 24.3 Å². The Morgan fingerprint density at radius 1 is 0.586 bits per heavy atom. The minimum Gasteiger partial charge on any atom is -0.489 e. The van der Waals surface area contributed by atoms with Crippen molar-refractivity contribution in [3.63, 3.8) is 0 Å². The second kappa shape index (κ2) is 16.2. The van der Waals surface area contributed by atoms with Crippen LogP contribution < -0.4 is 24.8 Å². The maximum absolute atomic E-state index is 14.6. The largest absolute Gasteiger partial charge is 0.489 e. The third-order valence-corrected chi connectivity index (χ3v) is 9.98. The number of carbonyl (C=O) groups is 4. The number of hydrogen-bond donors (Lipinski definition) is 2. The lowest BCUT2D eigenvalue weighted by Crippen LogP contribution is -2.30. The molecule has 11 heteroatoms. The molecule has 0 bridgehead atoms. The van der Waals surface area contributed by atoms with E-state index in [9.17, 15) is 19.2 Å². The molecule has 0 aliphatic carbocycles. The molecular formula is C47H56N2O9. The molecule has 0 fully saturated rings. The summed E-state index contributed by atoms with van der Waals surface area (Å²) in [5.74, 6) is -0.804. The molecule has 11 nitrogen and oxygen atoms in total. The molecule has 58 heavy (non-hydrogen) atoms. The van der Waals surface area contributed by atoms with E-state index in [1.165, 1.54) is 26.4 Å². The Morgan fingerprint density at radius 3 is 1.26 bits per heavy atom. The van der Waals surface area contributed by atoms with Crippen molar-refractivity contribution in [2.24, 2.45) is 0 Å². The minimum absolute atomic E-state index is 0.256. The molecule has 0 atom stereocenters. The van der Waals surface area contributed by atoms with Gasteiger partial charge in [0.25, 0.3) is 11.8 Å². The van der Waals surface area contributed by atoms with E-state index in [2.05, 4.69) is 78.2 Å². The smallest absolute Gasteiger partial charge is 0.337 e. The van der Waals surface area contributed by atoms with Gasteiger partial charge in [0, 0.05) is 16.5 Å².